The van der Waals surface area contributed by atoms with E-state index in [1.807, 2.05) is 0 Å². The molecule has 1 saturated heterocycles. The van der Waals surface area contributed by atoms with Crippen molar-refractivity contribution < 1.29 is 14.6 Å². The van der Waals surface area contributed by atoms with Gasteiger partial charge in [-0.3, -0.25) is 0 Å². The van der Waals surface area contributed by atoms with E-state index >= 15 is 0 Å². The van der Waals surface area contributed by atoms with E-state index in [1.54, 1.807) is 0 Å². The monoisotopic (exact) mass is 158 g/mol. The largest absolute Gasteiger partial charge is 0.388 e. The molecule has 2 rings (SSSR count). The zero-order valence-electron chi connectivity index (χ0n) is 6.58. The highest BCUT2D eigenvalue weighted by atomic mass is 16.7. The van der Waals surface area contributed by atoms with Crippen LogP contribution >= 0.6 is 0 Å². The first-order valence-electron chi connectivity index (χ1n) is 4.27. The summed E-state index contributed by atoms with van der Waals surface area (Å²) in [5.74, 6) is -0.306. The second kappa shape index (κ2) is 2.73. The highest BCUT2D eigenvalue weighted by Crippen LogP contribution is 2.36. The Balaban J connectivity index is 1.94. The number of ether oxygens (including phenoxy) is 2. The summed E-state index contributed by atoms with van der Waals surface area (Å²) in [7, 11) is 0. The van der Waals surface area contributed by atoms with Gasteiger partial charge in [-0.05, 0) is 12.8 Å². The summed E-state index contributed by atoms with van der Waals surface area (Å²) >= 11 is 0. The minimum Gasteiger partial charge on any atom is -0.388 e. The molecule has 11 heavy (non-hydrogen) atoms. The Morgan fingerprint density at radius 2 is 1.64 bits per heavy atom. The van der Waals surface area contributed by atoms with Gasteiger partial charge in [-0.2, -0.15) is 0 Å². The van der Waals surface area contributed by atoms with Crippen molar-refractivity contribution >= 4 is 0 Å². The smallest absolute Gasteiger partial charge is 0.168 e. The van der Waals surface area contributed by atoms with Crippen LogP contribution in [-0.4, -0.2) is 30.2 Å². The molecular formula is C8H14O3. The second-order valence-corrected chi connectivity index (χ2v) is 3.39. The molecule has 0 aromatic carbocycles. The van der Waals surface area contributed by atoms with E-state index in [4.69, 9.17) is 14.6 Å². The van der Waals surface area contributed by atoms with Crippen LogP contribution < -0.4 is 0 Å². The van der Waals surface area contributed by atoms with Gasteiger partial charge in [0.2, 0.25) is 0 Å². The molecule has 2 aliphatic rings. The molecule has 0 bridgehead atoms. The lowest BCUT2D eigenvalue weighted by Crippen LogP contribution is -2.44. The molecule has 1 heterocycles. The van der Waals surface area contributed by atoms with Crippen molar-refractivity contribution in [3.63, 3.8) is 0 Å². The number of hydrogen-bond donors (Lipinski definition) is 1. The fourth-order valence-electron chi connectivity index (χ4n) is 1.79. The highest BCUT2D eigenvalue weighted by molar-refractivity contribution is 4.80. The maximum atomic E-state index is 9.10. The zero-order valence-corrected chi connectivity index (χ0v) is 6.58. The van der Waals surface area contributed by atoms with Crippen molar-refractivity contribution in [3.05, 3.63) is 0 Å². The lowest BCUT2D eigenvalue weighted by atomic mass is 10.2. The molecular weight excluding hydrogens is 144 g/mol. The quantitative estimate of drug-likeness (QED) is 0.563. The molecule has 1 saturated carbocycles. The first-order chi connectivity index (χ1) is 5.31. The lowest BCUT2D eigenvalue weighted by molar-refractivity contribution is -0.288. The van der Waals surface area contributed by atoms with Crippen LogP contribution in [0.25, 0.3) is 0 Å². The fraction of sp³-hybridized carbons (Fsp3) is 1.00. The Morgan fingerprint density at radius 3 is 2.18 bits per heavy atom. The van der Waals surface area contributed by atoms with E-state index < -0.39 is 6.10 Å². The standard InChI is InChI=1S/C8H14O3/c9-7-5-10-8(11-6-7)3-1-2-4-8/h7,9H,1-6H2. The molecule has 1 aliphatic carbocycles. The number of aliphatic hydroxyl groups is 1. The normalized spacial score (nSPS) is 31.4. The van der Waals surface area contributed by atoms with Crippen molar-refractivity contribution in [2.75, 3.05) is 13.2 Å². The molecule has 1 N–H and O–H groups in total. The van der Waals surface area contributed by atoms with Crippen molar-refractivity contribution in [2.24, 2.45) is 0 Å². The zero-order chi connectivity index (χ0) is 7.73. The minimum atomic E-state index is -0.416. The SMILES string of the molecule is OC1COC2(CCCC2)OC1. The minimum absolute atomic E-state index is 0.306. The molecule has 0 radical (unpaired) electrons. The van der Waals surface area contributed by atoms with Crippen LogP contribution in [0.4, 0.5) is 0 Å². The first-order valence-corrected chi connectivity index (χ1v) is 4.27. The molecule has 0 aromatic heterocycles. The average molecular weight is 158 g/mol. The number of hydrogen-bond acceptors (Lipinski definition) is 3. The molecule has 0 unspecified atom stereocenters. The van der Waals surface area contributed by atoms with Gasteiger partial charge in [0.1, 0.15) is 6.10 Å². The van der Waals surface area contributed by atoms with Gasteiger partial charge < -0.3 is 14.6 Å². The topological polar surface area (TPSA) is 38.7 Å². The Hall–Kier alpha value is -0.120. The second-order valence-electron chi connectivity index (χ2n) is 3.39. The van der Waals surface area contributed by atoms with Crippen LogP contribution in [0.15, 0.2) is 0 Å². The summed E-state index contributed by atoms with van der Waals surface area (Å²) in [5, 5.41) is 9.10. The van der Waals surface area contributed by atoms with Crippen LogP contribution in [0.3, 0.4) is 0 Å². The van der Waals surface area contributed by atoms with Gasteiger partial charge in [0.25, 0.3) is 0 Å². The third kappa shape index (κ3) is 1.41. The highest BCUT2D eigenvalue weighted by Gasteiger charge is 2.39. The van der Waals surface area contributed by atoms with Crippen molar-refractivity contribution in [1.82, 2.24) is 0 Å². The van der Waals surface area contributed by atoms with Gasteiger partial charge in [0.05, 0.1) is 13.2 Å². The van der Waals surface area contributed by atoms with Gasteiger partial charge in [0, 0.05) is 12.8 Å². The third-order valence-corrected chi connectivity index (χ3v) is 2.44. The summed E-state index contributed by atoms with van der Waals surface area (Å²) in [6.45, 7) is 0.889. The molecule has 0 amide bonds. The molecule has 1 spiro atoms. The summed E-state index contributed by atoms with van der Waals surface area (Å²) in [6.07, 6.45) is 3.97. The van der Waals surface area contributed by atoms with Gasteiger partial charge in [0.15, 0.2) is 5.79 Å². The van der Waals surface area contributed by atoms with Gasteiger partial charge in [-0.1, -0.05) is 0 Å². The summed E-state index contributed by atoms with van der Waals surface area (Å²) in [5.41, 5.74) is 0. The van der Waals surface area contributed by atoms with E-state index in [0.29, 0.717) is 13.2 Å². The Kier molecular flexibility index (Phi) is 1.87. The summed E-state index contributed by atoms with van der Waals surface area (Å²) < 4.78 is 10.9. The molecule has 2 fully saturated rings. The van der Waals surface area contributed by atoms with Gasteiger partial charge in [-0.15, -0.1) is 0 Å². The summed E-state index contributed by atoms with van der Waals surface area (Å²) in [6, 6.07) is 0. The molecule has 64 valence electrons. The van der Waals surface area contributed by atoms with E-state index in [1.165, 1.54) is 12.8 Å². The molecule has 0 atom stereocenters. The van der Waals surface area contributed by atoms with Crippen molar-refractivity contribution in [1.29, 1.82) is 0 Å². The van der Waals surface area contributed by atoms with Gasteiger partial charge in [-0.25, -0.2) is 0 Å². The maximum absolute atomic E-state index is 9.10. The predicted molar refractivity (Wildman–Crippen MR) is 39.1 cm³/mol. The molecule has 3 nitrogen and oxygen atoms in total. The van der Waals surface area contributed by atoms with Crippen LogP contribution in [0.1, 0.15) is 25.7 Å². The van der Waals surface area contributed by atoms with Crippen LogP contribution in [-0.2, 0) is 9.47 Å². The molecule has 0 aromatic rings. The average Bonchev–Trinajstić information content (AvgIpc) is 2.45. The third-order valence-electron chi connectivity index (χ3n) is 2.44. The molecule has 3 heteroatoms. The predicted octanol–water partition coefficient (Wildman–Crippen LogP) is 0.664. The van der Waals surface area contributed by atoms with E-state index in [0.717, 1.165) is 12.8 Å². The van der Waals surface area contributed by atoms with Crippen LogP contribution in [0.5, 0.6) is 0 Å². The number of aliphatic hydroxyl groups excluding tert-OH is 1. The van der Waals surface area contributed by atoms with Gasteiger partial charge >= 0.3 is 0 Å². The first kappa shape index (κ1) is 7.53. The maximum Gasteiger partial charge on any atom is 0.168 e. The van der Waals surface area contributed by atoms with E-state index in [9.17, 15) is 0 Å². The Morgan fingerprint density at radius 1 is 1.09 bits per heavy atom. The molecule has 1 aliphatic heterocycles. The van der Waals surface area contributed by atoms with Crippen molar-refractivity contribution in [3.8, 4) is 0 Å². The van der Waals surface area contributed by atoms with Crippen molar-refractivity contribution in [2.45, 2.75) is 37.6 Å². The Bertz CT molecular complexity index is 130. The van der Waals surface area contributed by atoms with E-state index in [-0.39, 0.29) is 5.79 Å². The van der Waals surface area contributed by atoms with Crippen LogP contribution in [0, 0.1) is 0 Å². The Labute approximate surface area is 66.3 Å². The van der Waals surface area contributed by atoms with Crippen LogP contribution in [0.2, 0.25) is 0 Å². The lowest BCUT2D eigenvalue weighted by Gasteiger charge is -2.35. The van der Waals surface area contributed by atoms with E-state index in [2.05, 4.69) is 0 Å². The summed E-state index contributed by atoms with van der Waals surface area (Å²) in [4.78, 5) is 0. The number of rotatable bonds is 0. The fourth-order valence-corrected chi connectivity index (χ4v) is 1.79.